The molecule has 5 aromatic rings. The third kappa shape index (κ3) is 4.93. The van der Waals surface area contributed by atoms with Gasteiger partial charge in [0.15, 0.2) is 0 Å². The predicted octanol–water partition coefficient (Wildman–Crippen LogP) is 8.40. The van der Waals surface area contributed by atoms with E-state index in [1.165, 1.54) is 23.9 Å². The lowest BCUT2D eigenvalue weighted by Crippen LogP contribution is -2.15. The topological polar surface area (TPSA) is 46.9 Å². The molecule has 0 spiro atoms. The van der Waals surface area contributed by atoms with E-state index in [4.69, 9.17) is 11.6 Å². The van der Waals surface area contributed by atoms with E-state index in [0.29, 0.717) is 33.0 Å². The number of nitrogens with one attached hydrogen (secondary N) is 1. The monoisotopic (exact) mass is 531 g/mol. The van der Waals surface area contributed by atoms with Gasteiger partial charge >= 0.3 is 0 Å². The molecule has 190 valence electrons. The van der Waals surface area contributed by atoms with Crippen LogP contribution in [0.4, 0.5) is 18.9 Å². The second-order valence-corrected chi connectivity index (χ2v) is 9.04. The number of benzene rings is 4. The van der Waals surface area contributed by atoms with E-state index in [1.54, 1.807) is 78.9 Å². The third-order valence-corrected chi connectivity index (χ3v) is 6.37. The summed E-state index contributed by atoms with van der Waals surface area (Å²) >= 11 is 6.17. The van der Waals surface area contributed by atoms with Crippen molar-refractivity contribution < 1.29 is 18.0 Å². The Kier molecular flexibility index (Phi) is 7.03. The Balaban J connectivity index is 1.64. The van der Waals surface area contributed by atoms with Crippen LogP contribution in [-0.2, 0) is 7.05 Å². The number of halogens is 4. The summed E-state index contributed by atoms with van der Waals surface area (Å²) < 4.78 is 43.7. The molecule has 0 fully saturated rings. The molecule has 0 unspecified atom stereocenters. The van der Waals surface area contributed by atoms with E-state index >= 15 is 0 Å². The second kappa shape index (κ2) is 10.6. The second-order valence-electron chi connectivity index (χ2n) is 8.60. The van der Waals surface area contributed by atoms with Crippen molar-refractivity contribution in [3.05, 3.63) is 119 Å². The van der Waals surface area contributed by atoms with E-state index in [9.17, 15) is 18.0 Å². The van der Waals surface area contributed by atoms with Crippen molar-refractivity contribution in [1.82, 2.24) is 9.78 Å². The Labute approximate surface area is 222 Å². The first-order valence-electron chi connectivity index (χ1n) is 11.7. The minimum absolute atomic E-state index is 0.192. The van der Waals surface area contributed by atoms with Gasteiger partial charge in [0, 0.05) is 28.9 Å². The Bertz CT molecular complexity index is 1650. The van der Waals surface area contributed by atoms with Crippen molar-refractivity contribution in [2.24, 2.45) is 7.05 Å². The maximum Gasteiger partial charge on any atom is 0.282 e. The lowest BCUT2D eigenvalue weighted by atomic mass is 9.94. The summed E-state index contributed by atoms with van der Waals surface area (Å²) in [5, 5.41) is 7.33. The van der Waals surface area contributed by atoms with Gasteiger partial charge in [0.2, 0.25) is 0 Å². The number of para-hydroxylation sites is 1. The first-order chi connectivity index (χ1) is 18.3. The number of aromatic nitrogens is 2. The van der Waals surface area contributed by atoms with Crippen LogP contribution in [0.25, 0.3) is 33.5 Å². The predicted molar refractivity (Wildman–Crippen MR) is 144 cm³/mol. The molecule has 38 heavy (non-hydrogen) atoms. The number of rotatable bonds is 6. The number of carbonyl (C=O) groups excluding carboxylic acids is 1. The fraction of sp³-hybridized carbons (Fsp3) is 0.0667. The largest absolute Gasteiger partial charge is 0.321 e. The van der Waals surface area contributed by atoms with Crippen LogP contribution in [0, 0.1) is 5.82 Å². The highest BCUT2D eigenvalue weighted by Gasteiger charge is 2.30. The zero-order valence-electron chi connectivity index (χ0n) is 20.1. The summed E-state index contributed by atoms with van der Waals surface area (Å²) in [7, 11) is 1.50. The van der Waals surface area contributed by atoms with Gasteiger partial charge in [-0.3, -0.25) is 9.48 Å². The first kappa shape index (κ1) is 25.3. The van der Waals surface area contributed by atoms with Crippen LogP contribution in [0.1, 0.15) is 22.5 Å². The first-order valence-corrected chi connectivity index (χ1v) is 12.1. The third-order valence-electron chi connectivity index (χ3n) is 6.14. The molecule has 0 aliphatic rings. The van der Waals surface area contributed by atoms with Crippen LogP contribution in [0.5, 0.6) is 0 Å². The van der Waals surface area contributed by atoms with Gasteiger partial charge in [0.25, 0.3) is 12.3 Å². The molecule has 1 heterocycles. The van der Waals surface area contributed by atoms with Crippen molar-refractivity contribution in [1.29, 1.82) is 0 Å². The van der Waals surface area contributed by atoms with Crippen molar-refractivity contribution in [3.63, 3.8) is 0 Å². The maximum absolute atomic E-state index is 14.2. The van der Waals surface area contributed by atoms with Crippen LogP contribution in [0.15, 0.2) is 97.1 Å². The quantitative estimate of drug-likeness (QED) is 0.239. The molecule has 1 amide bonds. The zero-order valence-corrected chi connectivity index (χ0v) is 20.9. The normalized spacial score (nSPS) is 11.1. The van der Waals surface area contributed by atoms with Crippen molar-refractivity contribution in [2.75, 3.05) is 5.32 Å². The molecular weight excluding hydrogens is 511 g/mol. The molecule has 4 nitrogen and oxygen atoms in total. The Morgan fingerprint density at radius 1 is 0.842 bits per heavy atom. The average Bonchev–Trinajstić information content (AvgIpc) is 3.26. The van der Waals surface area contributed by atoms with Gasteiger partial charge in [-0.15, -0.1) is 0 Å². The fourth-order valence-electron chi connectivity index (χ4n) is 4.51. The van der Waals surface area contributed by atoms with E-state index in [-0.39, 0.29) is 11.3 Å². The fourth-order valence-corrected chi connectivity index (χ4v) is 4.70. The number of alkyl halides is 2. The summed E-state index contributed by atoms with van der Waals surface area (Å²) in [5.74, 6) is -1.18. The highest BCUT2D eigenvalue weighted by molar-refractivity contribution is 6.30. The van der Waals surface area contributed by atoms with Crippen LogP contribution in [0.3, 0.4) is 0 Å². The number of amides is 1. The summed E-state index contributed by atoms with van der Waals surface area (Å²) in [6, 6.07) is 27.0. The van der Waals surface area contributed by atoms with Gasteiger partial charge in [-0.1, -0.05) is 78.3 Å². The Morgan fingerprint density at radius 3 is 2.16 bits per heavy atom. The van der Waals surface area contributed by atoms with Crippen LogP contribution in [-0.4, -0.2) is 15.7 Å². The number of anilines is 1. The smallest absolute Gasteiger partial charge is 0.282 e. The number of hydrogen-bond donors (Lipinski definition) is 1. The molecule has 0 aliphatic carbocycles. The summed E-state index contributed by atoms with van der Waals surface area (Å²) in [6.07, 6.45) is -3.00. The molecule has 5 rings (SSSR count). The molecule has 0 saturated carbocycles. The van der Waals surface area contributed by atoms with Gasteiger partial charge in [-0.2, -0.15) is 5.10 Å². The number of carbonyl (C=O) groups is 1. The molecule has 0 atom stereocenters. The lowest BCUT2D eigenvalue weighted by Gasteiger charge is -2.15. The highest BCUT2D eigenvalue weighted by atomic mass is 35.5. The number of nitrogens with zero attached hydrogens (tertiary/aromatic N) is 2. The molecule has 4 aromatic carbocycles. The number of aryl methyl sites for hydroxylation is 1. The molecule has 0 radical (unpaired) electrons. The van der Waals surface area contributed by atoms with Crippen molar-refractivity contribution >= 4 is 23.2 Å². The van der Waals surface area contributed by atoms with Crippen LogP contribution >= 0.6 is 11.6 Å². The standard InChI is InChI=1S/C30H21ClF3N3O/c1-37-28(24-14-3-2-12-22(24)19-9-7-11-21(32)17-19)26(27(36-37)29(33)34)30(38)35-25-15-5-4-13-23(25)18-8-6-10-20(31)16-18/h2-17,29H,1H3,(H,35,38). The van der Waals surface area contributed by atoms with E-state index in [2.05, 4.69) is 10.4 Å². The van der Waals surface area contributed by atoms with Gasteiger partial charge in [0.05, 0.1) is 11.3 Å². The van der Waals surface area contributed by atoms with Crippen molar-refractivity contribution in [2.45, 2.75) is 6.43 Å². The molecule has 1 N–H and O–H groups in total. The summed E-state index contributed by atoms with van der Waals surface area (Å²) in [4.78, 5) is 13.7. The van der Waals surface area contributed by atoms with Crippen molar-refractivity contribution in [3.8, 4) is 33.5 Å². The molecule has 0 bridgehead atoms. The van der Waals surface area contributed by atoms with Gasteiger partial charge < -0.3 is 5.32 Å². The SMILES string of the molecule is Cn1nc(C(F)F)c(C(=O)Nc2ccccc2-c2cccc(Cl)c2)c1-c1ccccc1-c1cccc(F)c1. The van der Waals surface area contributed by atoms with Crippen LogP contribution < -0.4 is 5.32 Å². The number of hydrogen-bond acceptors (Lipinski definition) is 2. The molecular formula is C30H21ClF3N3O. The average molecular weight is 532 g/mol. The Hall–Kier alpha value is -4.36. The highest BCUT2D eigenvalue weighted by Crippen LogP contribution is 2.38. The summed E-state index contributed by atoms with van der Waals surface area (Å²) in [6.45, 7) is 0. The maximum atomic E-state index is 14.2. The summed E-state index contributed by atoms with van der Waals surface area (Å²) in [5.41, 5.74) is 2.72. The van der Waals surface area contributed by atoms with Crippen LogP contribution in [0.2, 0.25) is 5.02 Å². The zero-order chi connectivity index (χ0) is 26.8. The molecule has 8 heteroatoms. The van der Waals surface area contributed by atoms with Gasteiger partial charge in [-0.25, -0.2) is 13.2 Å². The van der Waals surface area contributed by atoms with E-state index in [0.717, 1.165) is 5.56 Å². The van der Waals surface area contributed by atoms with E-state index < -0.39 is 23.8 Å². The minimum atomic E-state index is -3.00. The molecule has 0 aliphatic heterocycles. The van der Waals surface area contributed by atoms with Gasteiger partial charge in [-0.05, 0) is 47.0 Å². The van der Waals surface area contributed by atoms with E-state index in [1.807, 2.05) is 6.07 Å². The minimum Gasteiger partial charge on any atom is -0.321 e. The molecule has 1 aromatic heterocycles. The van der Waals surface area contributed by atoms with Gasteiger partial charge in [0.1, 0.15) is 11.5 Å². The molecule has 0 saturated heterocycles. The Morgan fingerprint density at radius 2 is 1.47 bits per heavy atom. The lowest BCUT2D eigenvalue weighted by molar-refractivity contribution is 0.101.